The molecule has 1 N–H and O–H groups in total. The van der Waals surface area contributed by atoms with E-state index >= 15 is 0 Å². The topological polar surface area (TPSA) is 12.0 Å². The molecule has 1 rings (SSSR count). The van der Waals surface area contributed by atoms with Crippen LogP contribution < -0.4 is 5.32 Å². The standard InChI is InChI=1S/C10H13BrIN/c1-2-13-6-5-8-7-9(11)3-4-10(8)12/h3-4,7,13H,2,5-6H2,1H3. The molecule has 1 nitrogen and oxygen atoms in total. The van der Waals surface area contributed by atoms with E-state index in [-0.39, 0.29) is 0 Å². The smallest absolute Gasteiger partial charge is 0.0178 e. The van der Waals surface area contributed by atoms with Crippen molar-refractivity contribution < 1.29 is 0 Å². The third-order valence-corrected chi connectivity index (χ3v) is 3.37. The summed E-state index contributed by atoms with van der Waals surface area (Å²) in [6.45, 7) is 4.24. The van der Waals surface area contributed by atoms with Crippen molar-refractivity contribution in [1.82, 2.24) is 5.32 Å². The molecule has 13 heavy (non-hydrogen) atoms. The van der Waals surface area contributed by atoms with Crippen molar-refractivity contribution in [2.45, 2.75) is 13.3 Å². The normalized spacial score (nSPS) is 10.4. The van der Waals surface area contributed by atoms with Crippen molar-refractivity contribution in [1.29, 1.82) is 0 Å². The van der Waals surface area contributed by atoms with Crippen LogP contribution in [-0.2, 0) is 6.42 Å². The van der Waals surface area contributed by atoms with E-state index < -0.39 is 0 Å². The average Bonchev–Trinajstić information content (AvgIpc) is 2.11. The minimum absolute atomic E-state index is 1.05. The molecule has 1 aromatic rings. The fourth-order valence-electron chi connectivity index (χ4n) is 1.13. The first-order valence-corrected chi connectivity index (χ1v) is 6.26. The van der Waals surface area contributed by atoms with Crippen LogP contribution in [0.3, 0.4) is 0 Å². The Morgan fingerprint density at radius 2 is 2.23 bits per heavy atom. The van der Waals surface area contributed by atoms with E-state index in [0.29, 0.717) is 0 Å². The first kappa shape index (κ1) is 11.5. The third kappa shape index (κ3) is 3.95. The van der Waals surface area contributed by atoms with Gasteiger partial charge in [-0.25, -0.2) is 0 Å². The molecule has 0 spiro atoms. The monoisotopic (exact) mass is 353 g/mol. The fourth-order valence-corrected chi connectivity index (χ4v) is 2.15. The zero-order valence-corrected chi connectivity index (χ0v) is 11.4. The van der Waals surface area contributed by atoms with Gasteiger partial charge in [0.15, 0.2) is 0 Å². The van der Waals surface area contributed by atoms with Gasteiger partial charge in [0.25, 0.3) is 0 Å². The molecular formula is C10H13BrIN. The Morgan fingerprint density at radius 1 is 1.46 bits per heavy atom. The van der Waals surface area contributed by atoms with Gasteiger partial charge >= 0.3 is 0 Å². The Labute approximate surface area is 102 Å². The summed E-state index contributed by atoms with van der Waals surface area (Å²) in [4.78, 5) is 0. The molecule has 0 aromatic heterocycles. The lowest BCUT2D eigenvalue weighted by atomic mass is 10.1. The van der Waals surface area contributed by atoms with Gasteiger partial charge in [-0.05, 0) is 65.9 Å². The maximum absolute atomic E-state index is 3.48. The second-order valence-corrected chi connectivity index (χ2v) is 4.92. The summed E-state index contributed by atoms with van der Waals surface area (Å²) < 4.78 is 2.51. The lowest BCUT2D eigenvalue weighted by Crippen LogP contribution is -2.16. The molecule has 3 heteroatoms. The van der Waals surface area contributed by atoms with Crippen LogP contribution in [0.15, 0.2) is 22.7 Å². The largest absolute Gasteiger partial charge is 0.317 e. The summed E-state index contributed by atoms with van der Waals surface area (Å²) in [6, 6.07) is 6.42. The van der Waals surface area contributed by atoms with Crippen LogP contribution in [0.2, 0.25) is 0 Å². The zero-order valence-electron chi connectivity index (χ0n) is 7.61. The van der Waals surface area contributed by atoms with Gasteiger partial charge in [0, 0.05) is 8.04 Å². The van der Waals surface area contributed by atoms with E-state index in [1.165, 1.54) is 13.6 Å². The molecule has 0 aliphatic heterocycles. The van der Waals surface area contributed by atoms with Crippen molar-refractivity contribution in [2.24, 2.45) is 0 Å². The number of likely N-dealkylation sites (N-methyl/N-ethyl adjacent to an activating group) is 1. The van der Waals surface area contributed by atoms with Crippen LogP contribution in [0.1, 0.15) is 12.5 Å². The molecule has 1 aromatic carbocycles. The Bertz CT molecular complexity index is 276. The van der Waals surface area contributed by atoms with Crippen molar-refractivity contribution in [3.63, 3.8) is 0 Å². The van der Waals surface area contributed by atoms with Gasteiger partial charge < -0.3 is 5.32 Å². The van der Waals surface area contributed by atoms with E-state index in [1.807, 2.05) is 0 Å². The molecule has 0 radical (unpaired) electrons. The summed E-state index contributed by atoms with van der Waals surface area (Å²) in [5.74, 6) is 0. The van der Waals surface area contributed by atoms with Gasteiger partial charge in [0.2, 0.25) is 0 Å². The molecule has 0 aliphatic carbocycles. The van der Waals surface area contributed by atoms with Gasteiger partial charge in [-0.2, -0.15) is 0 Å². The van der Waals surface area contributed by atoms with Crippen LogP contribution >= 0.6 is 38.5 Å². The van der Waals surface area contributed by atoms with Crippen LogP contribution in [0, 0.1) is 3.57 Å². The highest BCUT2D eigenvalue weighted by molar-refractivity contribution is 14.1. The van der Waals surface area contributed by atoms with Gasteiger partial charge in [0.1, 0.15) is 0 Å². The second kappa shape index (κ2) is 5.98. The number of benzene rings is 1. The number of hydrogen-bond acceptors (Lipinski definition) is 1. The highest BCUT2D eigenvalue weighted by Crippen LogP contribution is 2.18. The highest BCUT2D eigenvalue weighted by atomic mass is 127. The molecule has 72 valence electrons. The predicted molar refractivity (Wildman–Crippen MR) is 69.1 cm³/mol. The Balaban J connectivity index is 2.59. The van der Waals surface area contributed by atoms with E-state index in [9.17, 15) is 0 Å². The molecule has 0 amide bonds. The van der Waals surface area contributed by atoms with Gasteiger partial charge in [-0.1, -0.05) is 22.9 Å². The SMILES string of the molecule is CCNCCc1cc(Br)ccc1I. The summed E-state index contributed by atoms with van der Waals surface area (Å²) in [5, 5.41) is 3.32. The summed E-state index contributed by atoms with van der Waals surface area (Å²) in [5.41, 5.74) is 1.41. The molecule has 0 aliphatic rings. The maximum Gasteiger partial charge on any atom is 0.0178 e. The van der Waals surface area contributed by atoms with Gasteiger partial charge in [0.05, 0.1) is 0 Å². The van der Waals surface area contributed by atoms with E-state index in [1.54, 1.807) is 0 Å². The average molecular weight is 354 g/mol. The first-order chi connectivity index (χ1) is 6.24. The molecule has 0 saturated heterocycles. The molecule has 0 unspecified atom stereocenters. The number of halogens is 2. The van der Waals surface area contributed by atoms with Crippen LogP contribution in [0.4, 0.5) is 0 Å². The molecule has 0 atom stereocenters. The second-order valence-electron chi connectivity index (χ2n) is 2.84. The van der Waals surface area contributed by atoms with Crippen LogP contribution in [0.25, 0.3) is 0 Å². The minimum atomic E-state index is 1.05. The van der Waals surface area contributed by atoms with E-state index in [4.69, 9.17) is 0 Å². The van der Waals surface area contributed by atoms with Crippen molar-refractivity contribution in [3.8, 4) is 0 Å². The van der Waals surface area contributed by atoms with Gasteiger partial charge in [-0.3, -0.25) is 0 Å². The molecular weight excluding hydrogens is 341 g/mol. The van der Waals surface area contributed by atoms with Crippen LogP contribution in [0.5, 0.6) is 0 Å². The highest BCUT2D eigenvalue weighted by Gasteiger charge is 1.99. The van der Waals surface area contributed by atoms with E-state index in [0.717, 1.165) is 19.5 Å². The zero-order chi connectivity index (χ0) is 9.68. The van der Waals surface area contributed by atoms with Crippen molar-refractivity contribution in [2.75, 3.05) is 13.1 Å². The minimum Gasteiger partial charge on any atom is -0.317 e. The quantitative estimate of drug-likeness (QED) is 0.647. The van der Waals surface area contributed by atoms with Crippen molar-refractivity contribution in [3.05, 3.63) is 31.8 Å². The molecule has 0 saturated carbocycles. The third-order valence-electron chi connectivity index (χ3n) is 1.83. The van der Waals surface area contributed by atoms with Crippen LogP contribution in [-0.4, -0.2) is 13.1 Å². The predicted octanol–water partition coefficient (Wildman–Crippen LogP) is 3.21. The Hall–Kier alpha value is 0.390. The summed E-state index contributed by atoms with van der Waals surface area (Å²) >= 11 is 5.86. The molecule has 0 bridgehead atoms. The Morgan fingerprint density at radius 3 is 2.92 bits per heavy atom. The first-order valence-electron chi connectivity index (χ1n) is 4.38. The lowest BCUT2D eigenvalue weighted by Gasteiger charge is -2.05. The molecule has 0 fully saturated rings. The van der Waals surface area contributed by atoms with Gasteiger partial charge in [-0.15, -0.1) is 0 Å². The lowest BCUT2D eigenvalue weighted by molar-refractivity contribution is 0.715. The summed E-state index contributed by atoms with van der Waals surface area (Å²) in [6.07, 6.45) is 1.10. The summed E-state index contributed by atoms with van der Waals surface area (Å²) in [7, 11) is 0. The van der Waals surface area contributed by atoms with Crippen molar-refractivity contribution >= 4 is 38.5 Å². The fraction of sp³-hybridized carbons (Fsp3) is 0.400. The number of nitrogens with one attached hydrogen (secondary N) is 1. The number of rotatable bonds is 4. The number of hydrogen-bond donors (Lipinski definition) is 1. The maximum atomic E-state index is 3.48. The molecule has 0 heterocycles. The Kier molecular flexibility index (Phi) is 5.28. The van der Waals surface area contributed by atoms with E-state index in [2.05, 4.69) is 69.0 Å².